The van der Waals surface area contributed by atoms with E-state index in [0.29, 0.717) is 0 Å². The van der Waals surface area contributed by atoms with Crippen molar-refractivity contribution in [1.29, 1.82) is 0 Å². The van der Waals surface area contributed by atoms with Gasteiger partial charge in [-0.25, -0.2) is 0 Å². The van der Waals surface area contributed by atoms with Crippen LogP contribution in [0.2, 0.25) is 0 Å². The van der Waals surface area contributed by atoms with Crippen molar-refractivity contribution in [2.75, 3.05) is 13.2 Å². The van der Waals surface area contributed by atoms with Crippen LogP contribution in [0.4, 0.5) is 0 Å². The maximum absolute atomic E-state index is 10.4. The lowest BCUT2D eigenvalue weighted by Crippen LogP contribution is -2.66. The fraction of sp³-hybridized carbons (Fsp3) is 0.867. The number of ether oxygens (including phenoxy) is 4. The molecule has 0 spiro atoms. The molecule has 2 rings (SSSR count). The van der Waals surface area contributed by atoms with Crippen LogP contribution in [0.1, 0.15) is 6.92 Å². The molecule has 0 radical (unpaired) electrons. The summed E-state index contributed by atoms with van der Waals surface area (Å²) in [5.74, 6) is 0. The van der Waals surface area contributed by atoms with E-state index < -0.39 is 68.0 Å². The molecular formula is C15H27NO9. The second-order valence-corrected chi connectivity index (χ2v) is 6.20. The first-order valence-corrected chi connectivity index (χ1v) is 8.09. The Labute approximate surface area is 145 Å². The molecule has 0 amide bonds. The average Bonchev–Trinajstić information content (AvgIpc) is 2.60. The number of aliphatic hydroxyl groups is 5. The van der Waals surface area contributed by atoms with Gasteiger partial charge >= 0.3 is 0 Å². The van der Waals surface area contributed by atoms with E-state index in [-0.39, 0.29) is 6.61 Å². The topological polar surface area (TPSA) is 164 Å². The van der Waals surface area contributed by atoms with Crippen LogP contribution in [0.3, 0.4) is 0 Å². The number of nitrogens with two attached hydrogens (primary N) is 1. The zero-order valence-electron chi connectivity index (χ0n) is 13.9. The molecule has 0 saturated carbocycles. The normalized spacial score (nSPS) is 48.3. The molecule has 25 heavy (non-hydrogen) atoms. The summed E-state index contributed by atoms with van der Waals surface area (Å²) in [7, 11) is 0. The van der Waals surface area contributed by atoms with Crippen molar-refractivity contribution < 1.29 is 44.5 Å². The summed E-state index contributed by atoms with van der Waals surface area (Å²) in [4.78, 5) is 0. The van der Waals surface area contributed by atoms with Crippen molar-refractivity contribution in [2.45, 2.75) is 68.3 Å². The van der Waals surface area contributed by atoms with E-state index in [9.17, 15) is 25.5 Å². The fourth-order valence-corrected chi connectivity index (χ4v) is 2.84. The SMILES string of the molecule is C=CCO[C@@H]1O[C@@H](C)[C@@H](O)[C@@H](O[C@@H]2O[C@H](CO)[C@@H](O)[C@H](O)[C@H]2N)[C@@H]1O. The van der Waals surface area contributed by atoms with Gasteiger partial charge in [0, 0.05) is 0 Å². The number of aliphatic hydroxyl groups excluding tert-OH is 5. The van der Waals surface area contributed by atoms with E-state index in [0.717, 1.165) is 0 Å². The molecule has 10 heteroatoms. The molecule has 0 unspecified atom stereocenters. The largest absolute Gasteiger partial charge is 0.394 e. The molecule has 10 nitrogen and oxygen atoms in total. The first-order chi connectivity index (χ1) is 11.8. The molecule has 7 N–H and O–H groups in total. The third-order valence-electron chi connectivity index (χ3n) is 4.38. The second-order valence-electron chi connectivity index (χ2n) is 6.20. The first kappa shape index (κ1) is 20.6. The Morgan fingerprint density at radius 3 is 2.32 bits per heavy atom. The maximum atomic E-state index is 10.4. The Balaban J connectivity index is 2.10. The van der Waals surface area contributed by atoms with Crippen molar-refractivity contribution >= 4 is 0 Å². The molecule has 0 aromatic heterocycles. The quantitative estimate of drug-likeness (QED) is 0.264. The molecule has 146 valence electrons. The summed E-state index contributed by atoms with van der Waals surface area (Å²) in [5, 5.41) is 49.6. The molecular weight excluding hydrogens is 338 g/mol. The average molecular weight is 365 g/mol. The van der Waals surface area contributed by atoms with Crippen LogP contribution in [-0.4, -0.2) is 100 Å². The van der Waals surface area contributed by atoms with Crippen molar-refractivity contribution in [3.05, 3.63) is 12.7 Å². The summed E-state index contributed by atoms with van der Waals surface area (Å²) in [6, 6.07) is -1.15. The van der Waals surface area contributed by atoms with Crippen LogP contribution in [-0.2, 0) is 18.9 Å². The van der Waals surface area contributed by atoms with Crippen LogP contribution in [0.25, 0.3) is 0 Å². The molecule has 0 bridgehead atoms. The highest BCUT2D eigenvalue weighted by molar-refractivity contribution is 4.94. The summed E-state index contributed by atoms with van der Waals surface area (Å²) in [5.41, 5.74) is 5.81. The number of hydrogen-bond donors (Lipinski definition) is 6. The van der Waals surface area contributed by atoms with Gasteiger partial charge in [-0.05, 0) is 6.92 Å². The minimum Gasteiger partial charge on any atom is -0.394 e. The molecule has 10 atom stereocenters. The number of hydrogen-bond acceptors (Lipinski definition) is 10. The van der Waals surface area contributed by atoms with Gasteiger partial charge in [-0.15, -0.1) is 6.58 Å². The standard InChI is InChI=1S/C15H27NO9/c1-3-4-22-15-12(21)13(9(18)6(2)23-15)25-14-8(16)11(20)10(19)7(5-17)24-14/h3,6-15,17-21H,1,4-5,16H2,2H3/t6-,7+,8+,9+,10+,11+,12-,13+,14-,15+/m0/s1. The summed E-state index contributed by atoms with van der Waals surface area (Å²) < 4.78 is 21.6. The number of rotatable bonds is 6. The Kier molecular flexibility index (Phi) is 7.29. The maximum Gasteiger partial charge on any atom is 0.186 e. The summed E-state index contributed by atoms with van der Waals surface area (Å²) >= 11 is 0. The summed E-state index contributed by atoms with van der Waals surface area (Å²) in [6.45, 7) is 4.64. The minimum absolute atomic E-state index is 0.119. The van der Waals surface area contributed by atoms with Gasteiger partial charge in [0.15, 0.2) is 12.6 Å². The molecule has 2 saturated heterocycles. The Morgan fingerprint density at radius 1 is 1.04 bits per heavy atom. The van der Waals surface area contributed by atoms with E-state index in [1.54, 1.807) is 6.92 Å². The van der Waals surface area contributed by atoms with Crippen molar-refractivity contribution in [2.24, 2.45) is 5.73 Å². The monoisotopic (exact) mass is 365 g/mol. The van der Waals surface area contributed by atoms with Gasteiger partial charge in [-0.1, -0.05) is 6.08 Å². The predicted molar refractivity (Wildman–Crippen MR) is 83.1 cm³/mol. The Bertz CT molecular complexity index is 437. The second kappa shape index (κ2) is 8.82. The van der Waals surface area contributed by atoms with Crippen LogP contribution in [0.5, 0.6) is 0 Å². The van der Waals surface area contributed by atoms with Gasteiger partial charge in [0.25, 0.3) is 0 Å². The van der Waals surface area contributed by atoms with Crippen LogP contribution in [0.15, 0.2) is 12.7 Å². The summed E-state index contributed by atoms with van der Waals surface area (Å²) in [6.07, 6.45) is -9.24. The van der Waals surface area contributed by atoms with Crippen LogP contribution < -0.4 is 5.73 Å². The van der Waals surface area contributed by atoms with Gasteiger partial charge in [-0.3, -0.25) is 0 Å². The predicted octanol–water partition coefficient (Wildman–Crippen LogP) is -3.19. The van der Waals surface area contributed by atoms with E-state index in [1.807, 2.05) is 0 Å². The first-order valence-electron chi connectivity index (χ1n) is 8.09. The van der Waals surface area contributed by atoms with E-state index in [1.165, 1.54) is 6.08 Å². The zero-order chi connectivity index (χ0) is 18.7. The van der Waals surface area contributed by atoms with Gasteiger partial charge in [0.1, 0.15) is 36.6 Å². The lowest BCUT2D eigenvalue weighted by atomic mass is 9.96. The molecule has 2 heterocycles. The molecule has 2 aliphatic rings. The lowest BCUT2D eigenvalue weighted by molar-refractivity contribution is -0.341. The highest BCUT2D eigenvalue weighted by Crippen LogP contribution is 2.28. The molecule has 0 aromatic rings. The van der Waals surface area contributed by atoms with Crippen molar-refractivity contribution in [3.63, 3.8) is 0 Å². The van der Waals surface area contributed by atoms with E-state index in [4.69, 9.17) is 24.7 Å². The van der Waals surface area contributed by atoms with E-state index in [2.05, 4.69) is 6.58 Å². The van der Waals surface area contributed by atoms with Gasteiger partial charge < -0.3 is 50.2 Å². The Hall–Kier alpha value is -0.660. The Morgan fingerprint density at radius 2 is 1.72 bits per heavy atom. The van der Waals surface area contributed by atoms with Crippen LogP contribution in [0, 0.1) is 0 Å². The van der Waals surface area contributed by atoms with Gasteiger partial charge in [0.05, 0.1) is 25.4 Å². The van der Waals surface area contributed by atoms with Gasteiger partial charge in [0.2, 0.25) is 0 Å². The lowest BCUT2D eigenvalue weighted by Gasteiger charge is -2.46. The fourth-order valence-electron chi connectivity index (χ4n) is 2.84. The zero-order valence-corrected chi connectivity index (χ0v) is 13.9. The van der Waals surface area contributed by atoms with Crippen molar-refractivity contribution in [3.8, 4) is 0 Å². The molecule has 2 aliphatic heterocycles. The molecule has 0 aliphatic carbocycles. The molecule has 0 aromatic carbocycles. The highest BCUT2D eigenvalue weighted by atomic mass is 16.7. The highest BCUT2D eigenvalue weighted by Gasteiger charge is 2.49. The molecule has 2 fully saturated rings. The third-order valence-corrected chi connectivity index (χ3v) is 4.38. The van der Waals surface area contributed by atoms with Gasteiger partial charge in [-0.2, -0.15) is 0 Å². The smallest absolute Gasteiger partial charge is 0.186 e. The van der Waals surface area contributed by atoms with E-state index >= 15 is 0 Å². The minimum atomic E-state index is -1.41. The van der Waals surface area contributed by atoms with Crippen molar-refractivity contribution in [1.82, 2.24) is 0 Å². The third kappa shape index (κ3) is 4.37. The van der Waals surface area contributed by atoms with Crippen LogP contribution >= 0.6 is 0 Å².